The lowest BCUT2D eigenvalue weighted by Gasteiger charge is -2.04. The van der Waals surface area contributed by atoms with Crippen LogP contribution >= 0.6 is 0 Å². The molecule has 2 N–H and O–H groups in total. The van der Waals surface area contributed by atoms with E-state index in [-0.39, 0.29) is 0 Å². The van der Waals surface area contributed by atoms with E-state index in [9.17, 15) is 0 Å². The van der Waals surface area contributed by atoms with Crippen LogP contribution in [0.1, 0.15) is 30.4 Å². The van der Waals surface area contributed by atoms with Gasteiger partial charge in [-0.2, -0.15) is 0 Å². The molecule has 2 nitrogen and oxygen atoms in total. The molecule has 0 aliphatic heterocycles. The summed E-state index contributed by atoms with van der Waals surface area (Å²) >= 11 is 0. The number of rotatable bonds is 5. The fraction of sp³-hybridized carbons (Fsp3) is 0.467. The van der Waals surface area contributed by atoms with Crippen LogP contribution in [0.4, 0.5) is 0 Å². The quantitative estimate of drug-likeness (QED) is 0.621. The number of benzene rings is 1. The summed E-state index contributed by atoms with van der Waals surface area (Å²) in [6.45, 7) is 1.97. The Morgan fingerprint density at radius 1 is 1.35 bits per heavy atom. The predicted molar refractivity (Wildman–Crippen MR) is 69.4 cm³/mol. The Labute approximate surface area is 103 Å². The highest BCUT2D eigenvalue weighted by atomic mass is 16.5. The first kappa shape index (κ1) is 12.2. The molecule has 1 aromatic carbocycles. The summed E-state index contributed by atoms with van der Waals surface area (Å²) in [5.41, 5.74) is 7.55. The molecule has 0 bridgehead atoms. The van der Waals surface area contributed by atoms with Gasteiger partial charge in [-0.25, -0.2) is 0 Å². The Balaban J connectivity index is 1.78. The van der Waals surface area contributed by atoms with E-state index in [1.807, 2.05) is 12.1 Å². The van der Waals surface area contributed by atoms with Gasteiger partial charge in [-0.05, 0) is 30.0 Å². The minimum absolute atomic E-state index is 0.405. The second kappa shape index (κ2) is 6.44. The Morgan fingerprint density at radius 2 is 2.24 bits per heavy atom. The van der Waals surface area contributed by atoms with Crippen LogP contribution in [-0.2, 0) is 11.3 Å². The van der Waals surface area contributed by atoms with E-state index in [2.05, 4.69) is 24.0 Å². The van der Waals surface area contributed by atoms with E-state index in [0.717, 1.165) is 18.1 Å². The van der Waals surface area contributed by atoms with Crippen LogP contribution < -0.4 is 5.73 Å². The lowest BCUT2D eigenvalue weighted by atomic mass is 10.1. The van der Waals surface area contributed by atoms with Gasteiger partial charge in [0.15, 0.2) is 0 Å². The van der Waals surface area contributed by atoms with Crippen LogP contribution in [0.3, 0.4) is 0 Å². The lowest BCUT2D eigenvalue weighted by molar-refractivity contribution is 0.115. The van der Waals surface area contributed by atoms with Gasteiger partial charge in [-0.15, -0.1) is 0 Å². The minimum atomic E-state index is 0.405. The number of nitrogens with two attached hydrogens (primary N) is 1. The monoisotopic (exact) mass is 229 g/mol. The molecule has 0 heterocycles. The largest absolute Gasteiger partial charge is 0.377 e. The van der Waals surface area contributed by atoms with Crippen molar-refractivity contribution in [1.29, 1.82) is 0 Å². The van der Waals surface area contributed by atoms with Crippen LogP contribution in [0, 0.1) is 17.8 Å². The fourth-order valence-electron chi connectivity index (χ4n) is 1.74. The van der Waals surface area contributed by atoms with E-state index < -0.39 is 0 Å². The smallest absolute Gasteiger partial charge is 0.0717 e. The SMILES string of the molecule is NCC#Cc1cccc(COCCC2CC2)c1. The molecule has 0 unspecified atom stereocenters. The van der Waals surface area contributed by atoms with E-state index in [1.54, 1.807) is 0 Å². The highest BCUT2D eigenvalue weighted by Crippen LogP contribution is 2.32. The molecular weight excluding hydrogens is 210 g/mol. The highest BCUT2D eigenvalue weighted by Gasteiger charge is 2.20. The van der Waals surface area contributed by atoms with Gasteiger partial charge in [0.1, 0.15) is 0 Å². The third-order valence-electron chi connectivity index (χ3n) is 2.90. The summed E-state index contributed by atoms with van der Waals surface area (Å²) in [5.74, 6) is 6.83. The molecule has 0 radical (unpaired) electrons. The first-order chi connectivity index (χ1) is 8.38. The summed E-state index contributed by atoms with van der Waals surface area (Å²) in [4.78, 5) is 0. The molecule has 2 heteroatoms. The molecule has 2 rings (SSSR count). The Kier molecular flexibility index (Phi) is 4.61. The van der Waals surface area contributed by atoms with Gasteiger partial charge in [0.25, 0.3) is 0 Å². The molecule has 1 aliphatic carbocycles. The van der Waals surface area contributed by atoms with E-state index in [0.29, 0.717) is 13.2 Å². The molecule has 1 fully saturated rings. The maximum absolute atomic E-state index is 5.66. The van der Waals surface area contributed by atoms with Crippen molar-refractivity contribution in [2.75, 3.05) is 13.2 Å². The predicted octanol–water partition coefficient (Wildman–Crippen LogP) is 2.31. The standard InChI is InChI=1S/C15H19NO/c16-9-2-5-14-3-1-4-15(11-14)12-17-10-8-13-6-7-13/h1,3-4,11,13H,6-10,12,16H2. The zero-order valence-electron chi connectivity index (χ0n) is 10.1. The lowest BCUT2D eigenvalue weighted by Crippen LogP contribution is -1.97. The van der Waals surface area contributed by atoms with E-state index in [1.165, 1.54) is 24.8 Å². The summed E-state index contributed by atoms with van der Waals surface area (Å²) < 4.78 is 5.66. The van der Waals surface area contributed by atoms with Crippen LogP contribution in [0.5, 0.6) is 0 Å². The summed E-state index contributed by atoms with van der Waals surface area (Å²) in [7, 11) is 0. The van der Waals surface area contributed by atoms with Crippen molar-refractivity contribution in [3.63, 3.8) is 0 Å². The minimum Gasteiger partial charge on any atom is -0.377 e. The van der Waals surface area contributed by atoms with Gasteiger partial charge in [0, 0.05) is 12.2 Å². The Bertz CT molecular complexity index is 412. The molecule has 0 amide bonds. The summed E-state index contributed by atoms with van der Waals surface area (Å²) in [6, 6.07) is 8.15. The molecule has 17 heavy (non-hydrogen) atoms. The normalized spacial score (nSPS) is 14.2. The second-order valence-corrected chi connectivity index (χ2v) is 4.49. The van der Waals surface area contributed by atoms with Gasteiger partial charge in [0.2, 0.25) is 0 Å². The molecule has 90 valence electrons. The van der Waals surface area contributed by atoms with Crippen LogP contribution in [-0.4, -0.2) is 13.2 Å². The van der Waals surface area contributed by atoms with Crippen molar-refractivity contribution in [2.45, 2.75) is 25.9 Å². The molecule has 1 aliphatic rings. The van der Waals surface area contributed by atoms with Crippen molar-refractivity contribution >= 4 is 0 Å². The number of hydrogen-bond donors (Lipinski definition) is 1. The highest BCUT2D eigenvalue weighted by molar-refractivity contribution is 5.37. The van der Waals surface area contributed by atoms with Gasteiger partial charge in [-0.1, -0.05) is 36.8 Å². The average molecular weight is 229 g/mol. The molecule has 1 aromatic rings. The van der Waals surface area contributed by atoms with Gasteiger partial charge in [-0.3, -0.25) is 0 Å². The molecule has 0 aromatic heterocycles. The van der Waals surface area contributed by atoms with Crippen LogP contribution in [0.2, 0.25) is 0 Å². The molecule has 1 saturated carbocycles. The first-order valence-corrected chi connectivity index (χ1v) is 6.24. The maximum Gasteiger partial charge on any atom is 0.0717 e. The van der Waals surface area contributed by atoms with Crippen molar-refractivity contribution in [3.05, 3.63) is 35.4 Å². The van der Waals surface area contributed by atoms with Crippen molar-refractivity contribution in [3.8, 4) is 11.8 Å². The fourth-order valence-corrected chi connectivity index (χ4v) is 1.74. The third kappa shape index (κ3) is 4.60. The van der Waals surface area contributed by atoms with Gasteiger partial charge < -0.3 is 10.5 Å². The maximum atomic E-state index is 5.66. The van der Waals surface area contributed by atoms with E-state index >= 15 is 0 Å². The number of ether oxygens (including phenoxy) is 1. The molecule has 0 atom stereocenters. The molecule has 0 spiro atoms. The van der Waals surface area contributed by atoms with Crippen LogP contribution in [0.25, 0.3) is 0 Å². The third-order valence-corrected chi connectivity index (χ3v) is 2.90. The first-order valence-electron chi connectivity index (χ1n) is 6.24. The Morgan fingerprint density at radius 3 is 3.00 bits per heavy atom. The second-order valence-electron chi connectivity index (χ2n) is 4.49. The van der Waals surface area contributed by atoms with Gasteiger partial charge in [0.05, 0.1) is 13.2 Å². The number of hydrogen-bond acceptors (Lipinski definition) is 2. The average Bonchev–Trinajstić information content (AvgIpc) is 3.17. The van der Waals surface area contributed by atoms with Crippen molar-refractivity contribution in [2.24, 2.45) is 11.7 Å². The summed E-state index contributed by atoms with van der Waals surface area (Å²) in [5, 5.41) is 0. The van der Waals surface area contributed by atoms with Crippen molar-refractivity contribution < 1.29 is 4.74 Å². The zero-order chi connectivity index (χ0) is 11.9. The summed E-state index contributed by atoms with van der Waals surface area (Å²) in [6.07, 6.45) is 4.01. The molecule has 0 saturated heterocycles. The van der Waals surface area contributed by atoms with Crippen molar-refractivity contribution in [1.82, 2.24) is 0 Å². The topological polar surface area (TPSA) is 35.2 Å². The molecular formula is C15H19NO. The zero-order valence-corrected chi connectivity index (χ0v) is 10.1. The Hall–Kier alpha value is -1.30. The van der Waals surface area contributed by atoms with Crippen LogP contribution in [0.15, 0.2) is 24.3 Å². The van der Waals surface area contributed by atoms with E-state index in [4.69, 9.17) is 10.5 Å². The van der Waals surface area contributed by atoms with Gasteiger partial charge >= 0.3 is 0 Å².